The molecule has 5 heterocycles. The van der Waals surface area contributed by atoms with Crippen LogP contribution in [0.25, 0.3) is 89.7 Å². The minimum atomic E-state index is -0.316. The SMILES string of the molecule is Cc1cc(-c2[c-]cccc2)ncc1-c1ccccc1.Cc1cc(-c2[c-]cccc2)ncc1-c1ccccc1.Cc1ccc[c-]c1-c1ccccn1.[2H]c1[c-]c(-c2cc(C)c(-c3ccc(F)cc3)cn2)c([2H])c([2H])c1[2H].[Ir].[Ir].[Ir].[c-]1ccccc1-c1ccccn1. The molecule has 0 amide bonds. The van der Waals surface area contributed by atoms with Crippen LogP contribution in [0, 0.1) is 63.8 Å². The second kappa shape index (κ2) is 35.0. The smallest absolute Gasteiger partial charge is 0.123 e. The number of hydrogen-bond donors (Lipinski definition) is 0. The number of hydrogen-bond acceptors (Lipinski definition) is 5. The summed E-state index contributed by atoms with van der Waals surface area (Å²) in [6.45, 7) is 8.18. The van der Waals surface area contributed by atoms with Crippen LogP contribution in [0.15, 0.2) is 286 Å². The van der Waals surface area contributed by atoms with Crippen molar-refractivity contribution in [2.24, 2.45) is 0 Å². The summed E-state index contributed by atoms with van der Waals surface area (Å²) in [5.74, 6) is -0.309. The van der Waals surface area contributed by atoms with E-state index in [-0.39, 0.29) is 95.9 Å². The first-order valence-corrected chi connectivity index (χ1v) is 26.9. The van der Waals surface area contributed by atoms with Gasteiger partial charge in [0.1, 0.15) is 5.82 Å². The molecular weight excluding hydrogens is 1590 g/mol. The van der Waals surface area contributed by atoms with Gasteiger partial charge >= 0.3 is 0 Å². The largest absolute Gasteiger partial charge is 0.305 e. The van der Waals surface area contributed by atoms with Crippen LogP contribution in [0.3, 0.4) is 0 Å². The molecule has 0 saturated carbocycles. The fourth-order valence-electron chi connectivity index (χ4n) is 8.74. The second-order valence-electron chi connectivity index (χ2n) is 18.9. The summed E-state index contributed by atoms with van der Waals surface area (Å²) in [7, 11) is 0. The Morgan fingerprint density at radius 1 is 0.337 bits per heavy atom. The molecule has 5 nitrogen and oxygen atoms in total. The standard InChI is InChI=1S/C18H13FN.2C18H14N.C12H10N.C11H8N.3Ir/c1-13-11-18(15-5-3-2-4-6-15)20-12-17(13)14-7-9-16(19)10-8-14;2*1-14-12-18(16-10-6-3-7-11-16)19-13-17(14)15-8-4-2-5-9-15;1-10-6-2-3-7-11(10)12-8-4-5-9-13-12;1-2-6-10(7-3-1)11-8-4-5-9-12-11;;;/h2-5,7-12H,1H3;2*2-10,12-13H,1H3;2-6,8-9H,1H3;1-6,8-9H;;;/q5*-1;;;/i2D,3D,4D,5D;;;;;;;. The van der Waals surface area contributed by atoms with E-state index in [9.17, 15) is 4.39 Å². The Labute approximate surface area is 552 Å². The van der Waals surface area contributed by atoms with Gasteiger partial charge < -0.3 is 24.9 Å². The molecule has 8 aromatic carbocycles. The Morgan fingerprint density at radius 3 is 1.16 bits per heavy atom. The van der Waals surface area contributed by atoms with Gasteiger partial charge in [-0.15, -0.1) is 179 Å². The summed E-state index contributed by atoms with van der Waals surface area (Å²) < 4.78 is 44.0. The Balaban J connectivity index is 0.000000181. The Kier molecular flexibility index (Phi) is 24.6. The molecule has 13 aromatic rings. The van der Waals surface area contributed by atoms with E-state index < -0.39 is 0 Å². The third-order valence-corrected chi connectivity index (χ3v) is 13.0. The summed E-state index contributed by atoms with van der Waals surface area (Å²) in [5, 5.41) is 0. The van der Waals surface area contributed by atoms with Gasteiger partial charge in [0, 0.05) is 111 Å². The van der Waals surface area contributed by atoms with Gasteiger partial charge in [0.2, 0.25) is 0 Å². The number of rotatable bonds is 8. The van der Waals surface area contributed by atoms with Gasteiger partial charge in [0.15, 0.2) is 0 Å². The van der Waals surface area contributed by atoms with Gasteiger partial charge in [-0.25, -0.2) is 4.39 Å². The maximum absolute atomic E-state index is 13.0. The molecule has 0 aliphatic carbocycles. The van der Waals surface area contributed by atoms with Crippen molar-refractivity contribution >= 4 is 0 Å². The van der Waals surface area contributed by atoms with E-state index >= 15 is 0 Å². The van der Waals surface area contributed by atoms with Crippen LogP contribution in [-0.4, -0.2) is 24.9 Å². The second-order valence-corrected chi connectivity index (χ2v) is 18.9. The summed E-state index contributed by atoms with van der Waals surface area (Å²) in [6.07, 6.45) is 9.10. The molecular formula is C77H59FIr3N5-5. The zero-order chi connectivity index (χ0) is 60.9. The van der Waals surface area contributed by atoms with Crippen LogP contribution >= 0.6 is 0 Å². The first kappa shape index (κ1) is 60.5. The molecule has 86 heavy (non-hydrogen) atoms. The average Bonchev–Trinajstić information content (AvgIpc) is 0.986. The molecule has 0 bridgehead atoms. The number of aryl methyl sites for hydroxylation is 4. The number of halogens is 1. The van der Waals surface area contributed by atoms with Crippen LogP contribution in [0.2, 0.25) is 0 Å². The van der Waals surface area contributed by atoms with Crippen LogP contribution in [0.4, 0.5) is 4.39 Å². The van der Waals surface area contributed by atoms with Gasteiger partial charge in [-0.1, -0.05) is 122 Å². The van der Waals surface area contributed by atoms with E-state index in [2.05, 4.69) is 118 Å². The molecule has 0 N–H and O–H groups in total. The molecule has 0 unspecified atom stereocenters. The summed E-state index contributed by atoms with van der Waals surface area (Å²) in [5.41, 5.74) is 19.7. The van der Waals surface area contributed by atoms with Crippen molar-refractivity contribution in [1.29, 1.82) is 0 Å². The molecule has 0 spiro atoms. The van der Waals surface area contributed by atoms with Gasteiger partial charge in [-0.3, -0.25) is 0 Å². The minimum absolute atomic E-state index is 0. The molecule has 431 valence electrons. The zero-order valence-electron chi connectivity index (χ0n) is 51.4. The number of aromatic nitrogens is 5. The van der Waals surface area contributed by atoms with E-state index in [0.717, 1.165) is 61.7 Å². The fraction of sp³-hybridized carbons (Fsp3) is 0.0519. The summed E-state index contributed by atoms with van der Waals surface area (Å²) in [4.78, 5) is 21.9. The maximum atomic E-state index is 13.0. The molecule has 0 fully saturated rings. The fourth-order valence-corrected chi connectivity index (χ4v) is 8.74. The van der Waals surface area contributed by atoms with Crippen molar-refractivity contribution < 1.29 is 70.2 Å². The van der Waals surface area contributed by atoms with Crippen molar-refractivity contribution in [2.75, 3.05) is 0 Å². The number of benzene rings is 8. The number of pyridine rings is 5. The van der Waals surface area contributed by atoms with Crippen LogP contribution < -0.4 is 0 Å². The maximum Gasteiger partial charge on any atom is 0.123 e. The van der Waals surface area contributed by atoms with Gasteiger partial charge in [-0.05, 0) is 110 Å². The first-order valence-electron chi connectivity index (χ1n) is 28.9. The topological polar surface area (TPSA) is 64.5 Å². The van der Waals surface area contributed by atoms with E-state index in [1.807, 2.05) is 177 Å². The third-order valence-electron chi connectivity index (χ3n) is 13.0. The molecule has 5 aromatic heterocycles. The van der Waals surface area contributed by atoms with Crippen LogP contribution in [0.5, 0.6) is 0 Å². The van der Waals surface area contributed by atoms with Crippen LogP contribution in [0.1, 0.15) is 27.7 Å². The van der Waals surface area contributed by atoms with Crippen molar-refractivity contribution in [3.63, 3.8) is 0 Å². The molecule has 0 aliphatic heterocycles. The molecule has 13 rings (SSSR count). The van der Waals surface area contributed by atoms with Crippen molar-refractivity contribution in [3.05, 3.63) is 344 Å². The van der Waals surface area contributed by atoms with Crippen molar-refractivity contribution in [1.82, 2.24) is 24.9 Å². The Bertz CT molecular complexity index is 4140. The molecule has 0 aliphatic rings. The number of nitrogens with zero attached hydrogens (tertiary/aromatic N) is 5. The van der Waals surface area contributed by atoms with E-state index in [1.165, 1.54) is 51.1 Å². The molecule has 0 atom stereocenters. The summed E-state index contributed by atoms with van der Waals surface area (Å²) in [6, 6.07) is 88.5. The summed E-state index contributed by atoms with van der Waals surface area (Å²) >= 11 is 0. The third kappa shape index (κ3) is 19.2. The Morgan fingerprint density at radius 2 is 0.744 bits per heavy atom. The van der Waals surface area contributed by atoms with Gasteiger partial charge in [0.05, 0.1) is 0 Å². The Hall–Kier alpha value is -8.61. The van der Waals surface area contributed by atoms with Crippen molar-refractivity contribution in [2.45, 2.75) is 27.7 Å². The van der Waals surface area contributed by atoms with Gasteiger partial charge in [0.25, 0.3) is 0 Å². The predicted octanol–water partition coefficient (Wildman–Crippen LogP) is 19.1. The average molecular weight is 1650 g/mol. The normalized spacial score (nSPS) is 10.5. The first-order chi connectivity index (χ1) is 42.4. The van der Waals surface area contributed by atoms with Crippen LogP contribution in [-0.2, 0) is 60.3 Å². The molecule has 0 saturated heterocycles. The molecule has 9 heteroatoms. The monoisotopic (exact) mass is 1660 g/mol. The quantitative estimate of drug-likeness (QED) is 0.142. The molecule has 3 radical (unpaired) electrons. The van der Waals surface area contributed by atoms with Gasteiger partial charge in [-0.2, -0.15) is 0 Å². The van der Waals surface area contributed by atoms with Crippen molar-refractivity contribution in [3.8, 4) is 89.7 Å². The zero-order valence-corrected chi connectivity index (χ0v) is 54.6. The minimum Gasteiger partial charge on any atom is -0.305 e. The van der Waals surface area contributed by atoms with E-state index in [4.69, 9.17) is 5.48 Å². The van der Waals surface area contributed by atoms with E-state index in [1.54, 1.807) is 36.8 Å². The van der Waals surface area contributed by atoms with E-state index in [0.29, 0.717) is 5.69 Å². The predicted molar refractivity (Wildman–Crippen MR) is 338 cm³/mol.